The smallest absolute Gasteiger partial charge is 0.334 e. The van der Waals surface area contributed by atoms with E-state index in [4.69, 9.17) is 0 Å². The van der Waals surface area contributed by atoms with Crippen molar-refractivity contribution in [3.8, 4) is 0 Å². The third-order valence-corrected chi connectivity index (χ3v) is 4.28. The molecule has 10 heteroatoms. The van der Waals surface area contributed by atoms with Gasteiger partial charge in [0.05, 0.1) is 23.8 Å². The molecule has 5 nitrogen and oxygen atoms in total. The van der Waals surface area contributed by atoms with Gasteiger partial charge >= 0.3 is 6.18 Å². The third kappa shape index (κ3) is 3.12. The minimum absolute atomic E-state index is 0.189. The number of imidazole rings is 1. The lowest BCUT2D eigenvalue weighted by molar-refractivity contribution is -0.137. The molecule has 0 atom stereocenters. The Morgan fingerprint density at radius 3 is 2.55 bits per heavy atom. The van der Waals surface area contributed by atoms with Crippen LogP contribution in [0.15, 0.2) is 40.2 Å². The average molecular weight is 370 g/mol. The van der Waals surface area contributed by atoms with Crippen LogP contribution in [0, 0.1) is 0 Å². The van der Waals surface area contributed by atoms with E-state index in [1.807, 2.05) is 0 Å². The van der Waals surface area contributed by atoms with Gasteiger partial charge in [0.25, 0.3) is 10.0 Å². The van der Waals surface area contributed by atoms with Crippen LogP contribution in [0.4, 0.5) is 18.9 Å². The molecule has 1 aromatic carbocycles. The Hall–Kier alpha value is -1.55. The maximum absolute atomic E-state index is 12.6. The Morgan fingerprint density at radius 2 is 2.00 bits per heavy atom. The minimum Gasteiger partial charge on any atom is -0.334 e. The molecule has 0 aliphatic rings. The fourth-order valence-electron chi connectivity index (χ4n) is 1.37. The molecular formula is C10H7BrF3N3O2S. The zero-order chi connectivity index (χ0) is 15.0. The number of hydrogen-bond acceptors (Lipinski definition) is 3. The number of halogens is 4. The average Bonchev–Trinajstić information content (AvgIpc) is 2.84. The van der Waals surface area contributed by atoms with Crippen molar-refractivity contribution in [1.29, 1.82) is 0 Å². The molecule has 1 heterocycles. The van der Waals surface area contributed by atoms with Crippen molar-refractivity contribution in [3.05, 3.63) is 40.8 Å². The van der Waals surface area contributed by atoms with Gasteiger partial charge < -0.3 is 4.98 Å². The van der Waals surface area contributed by atoms with Crippen molar-refractivity contribution in [2.45, 2.75) is 11.2 Å². The fraction of sp³-hybridized carbons (Fsp3) is 0.100. The van der Waals surface area contributed by atoms with Crippen molar-refractivity contribution >= 4 is 31.6 Å². The van der Waals surface area contributed by atoms with Crippen LogP contribution in [0.1, 0.15) is 5.56 Å². The first-order chi connectivity index (χ1) is 9.20. The number of aromatic nitrogens is 2. The summed E-state index contributed by atoms with van der Waals surface area (Å²) in [5.74, 6) is 0. The molecule has 0 amide bonds. The number of nitrogens with one attached hydrogen (secondary N) is 2. The number of anilines is 1. The van der Waals surface area contributed by atoms with Crippen molar-refractivity contribution < 1.29 is 21.6 Å². The molecule has 0 spiro atoms. The number of rotatable bonds is 3. The van der Waals surface area contributed by atoms with Gasteiger partial charge in [-0.3, -0.25) is 4.72 Å². The lowest BCUT2D eigenvalue weighted by atomic mass is 10.2. The summed E-state index contributed by atoms with van der Waals surface area (Å²) in [4.78, 5) is 5.91. The molecule has 0 bridgehead atoms. The fourth-order valence-corrected chi connectivity index (χ4v) is 2.82. The number of hydrogen-bond donors (Lipinski definition) is 2. The maximum atomic E-state index is 12.6. The second-order valence-corrected chi connectivity index (χ2v) is 6.22. The monoisotopic (exact) mass is 369 g/mol. The van der Waals surface area contributed by atoms with Gasteiger partial charge in [-0.1, -0.05) is 0 Å². The number of benzene rings is 1. The number of nitrogens with zero attached hydrogens (tertiary/aromatic N) is 1. The maximum Gasteiger partial charge on any atom is 0.416 e. The van der Waals surface area contributed by atoms with E-state index in [2.05, 4.69) is 30.6 Å². The molecule has 0 fully saturated rings. The van der Waals surface area contributed by atoms with E-state index >= 15 is 0 Å². The predicted octanol–water partition coefficient (Wildman–Crippen LogP) is 2.99. The summed E-state index contributed by atoms with van der Waals surface area (Å²) in [6.07, 6.45) is -2.37. The summed E-state index contributed by atoms with van der Waals surface area (Å²) in [7, 11) is -4.02. The highest BCUT2D eigenvalue weighted by Crippen LogP contribution is 2.34. The van der Waals surface area contributed by atoms with Gasteiger partial charge in [0.2, 0.25) is 0 Å². The Labute approximate surface area is 120 Å². The molecule has 0 radical (unpaired) electrons. The molecular weight excluding hydrogens is 363 g/mol. The summed E-state index contributed by atoms with van der Waals surface area (Å²) >= 11 is 2.99. The van der Waals surface area contributed by atoms with Crippen LogP contribution in [0.25, 0.3) is 0 Å². The summed E-state index contributed by atoms with van der Waals surface area (Å²) in [5, 5.41) is -0.248. The second kappa shape index (κ2) is 5.09. The van der Waals surface area contributed by atoms with E-state index in [0.29, 0.717) is 6.07 Å². The molecule has 1 aromatic heterocycles. The summed E-state index contributed by atoms with van der Waals surface area (Å²) in [6, 6.07) is 2.67. The van der Waals surface area contributed by atoms with E-state index in [-0.39, 0.29) is 15.2 Å². The molecule has 108 valence electrons. The van der Waals surface area contributed by atoms with Gasteiger partial charge in [0.15, 0.2) is 5.03 Å². The van der Waals surface area contributed by atoms with Crippen LogP contribution >= 0.6 is 15.9 Å². The highest BCUT2D eigenvalue weighted by Gasteiger charge is 2.31. The van der Waals surface area contributed by atoms with Crippen molar-refractivity contribution in [1.82, 2.24) is 9.97 Å². The van der Waals surface area contributed by atoms with E-state index in [9.17, 15) is 21.6 Å². The number of sulfonamides is 1. The van der Waals surface area contributed by atoms with Gasteiger partial charge in [-0.25, -0.2) is 4.98 Å². The Kier molecular flexibility index (Phi) is 3.78. The summed E-state index contributed by atoms with van der Waals surface area (Å²) in [5.41, 5.74) is -1.17. The van der Waals surface area contributed by atoms with Gasteiger partial charge in [-0.05, 0) is 34.1 Å². The Bertz CT molecular complexity index is 714. The van der Waals surface area contributed by atoms with E-state index in [1.54, 1.807) is 0 Å². The van der Waals surface area contributed by atoms with Gasteiger partial charge in [0.1, 0.15) is 0 Å². The molecule has 0 saturated carbocycles. The SMILES string of the molecule is O=S(=O)(Nc1cc(C(F)(F)F)ccc1Br)c1cnc[nH]1. The van der Waals surface area contributed by atoms with Crippen molar-refractivity contribution in [2.75, 3.05) is 4.72 Å². The standard InChI is InChI=1S/C10H7BrF3N3O2S/c11-7-2-1-6(10(12,13)14)3-8(7)17-20(18,19)9-4-15-5-16-9/h1-5,17H,(H,15,16). The molecule has 2 N–H and O–H groups in total. The first-order valence-electron chi connectivity index (χ1n) is 5.08. The first-order valence-corrected chi connectivity index (χ1v) is 7.36. The topological polar surface area (TPSA) is 74.8 Å². The van der Waals surface area contributed by atoms with Gasteiger partial charge in [-0.15, -0.1) is 0 Å². The van der Waals surface area contributed by atoms with Crippen LogP contribution in [0.5, 0.6) is 0 Å². The highest BCUT2D eigenvalue weighted by atomic mass is 79.9. The number of H-pyrrole nitrogens is 1. The Morgan fingerprint density at radius 1 is 1.30 bits per heavy atom. The first kappa shape index (κ1) is 14.9. The third-order valence-electron chi connectivity index (χ3n) is 2.30. The molecule has 0 aliphatic carbocycles. The lowest BCUT2D eigenvalue weighted by Crippen LogP contribution is -2.14. The molecule has 2 aromatic rings. The minimum atomic E-state index is -4.56. The van der Waals surface area contributed by atoms with Crippen LogP contribution in [0.2, 0.25) is 0 Å². The van der Waals surface area contributed by atoms with E-state index in [1.165, 1.54) is 0 Å². The molecule has 0 saturated heterocycles. The van der Waals surface area contributed by atoms with Gasteiger partial charge in [-0.2, -0.15) is 21.6 Å². The normalized spacial score (nSPS) is 12.4. The lowest BCUT2D eigenvalue weighted by Gasteiger charge is -2.12. The quantitative estimate of drug-likeness (QED) is 0.873. The van der Waals surface area contributed by atoms with Crippen LogP contribution in [-0.4, -0.2) is 18.4 Å². The van der Waals surface area contributed by atoms with Crippen molar-refractivity contribution in [2.24, 2.45) is 0 Å². The molecule has 20 heavy (non-hydrogen) atoms. The largest absolute Gasteiger partial charge is 0.416 e. The van der Waals surface area contributed by atoms with Crippen LogP contribution < -0.4 is 4.72 Å². The summed E-state index contributed by atoms with van der Waals surface area (Å²) < 4.78 is 63.8. The highest BCUT2D eigenvalue weighted by molar-refractivity contribution is 9.10. The number of aromatic amines is 1. The molecule has 0 aliphatic heterocycles. The zero-order valence-electron chi connectivity index (χ0n) is 9.57. The van der Waals surface area contributed by atoms with Gasteiger partial charge in [0, 0.05) is 4.47 Å². The van der Waals surface area contributed by atoms with E-state index in [0.717, 1.165) is 24.7 Å². The van der Waals surface area contributed by atoms with E-state index < -0.39 is 21.8 Å². The summed E-state index contributed by atoms with van der Waals surface area (Å²) in [6.45, 7) is 0. The van der Waals surface area contributed by atoms with Crippen molar-refractivity contribution in [3.63, 3.8) is 0 Å². The van der Waals surface area contributed by atoms with Crippen LogP contribution in [0.3, 0.4) is 0 Å². The number of alkyl halides is 3. The molecule has 2 rings (SSSR count). The zero-order valence-corrected chi connectivity index (χ0v) is 12.0. The predicted molar refractivity (Wildman–Crippen MR) is 68.5 cm³/mol. The van der Waals surface area contributed by atoms with Crippen LogP contribution in [-0.2, 0) is 16.2 Å². The second-order valence-electron chi connectivity index (χ2n) is 3.71. The Balaban J connectivity index is 2.39. The molecule has 0 unspecified atom stereocenters.